The Kier molecular flexibility index (Phi) is 4.85. The molecule has 0 saturated carbocycles. The van der Waals surface area contributed by atoms with Gasteiger partial charge in [-0.05, 0) is 69.9 Å². The normalized spacial score (nSPS) is 26.0. The first-order valence-corrected chi connectivity index (χ1v) is 15.1. The molecular formula is C35H39N3O4. The molecule has 1 amide bonds. The summed E-state index contributed by atoms with van der Waals surface area (Å²) in [5.74, 6) is -0.140. The number of amides is 1. The van der Waals surface area contributed by atoms with Gasteiger partial charge >= 0.3 is 0 Å². The first-order chi connectivity index (χ1) is 19.8. The highest BCUT2D eigenvalue weighted by Gasteiger charge is 2.65. The molecule has 2 N–H and O–H groups in total. The monoisotopic (exact) mass is 565 g/mol. The van der Waals surface area contributed by atoms with E-state index in [0.29, 0.717) is 6.42 Å². The molecule has 3 aromatic carbocycles. The van der Waals surface area contributed by atoms with Gasteiger partial charge in [0.2, 0.25) is 0 Å². The number of aryl methyl sites for hydroxylation is 2. The molecule has 7 heteroatoms. The van der Waals surface area contributed by atoms with E-state index >= 15 is 0 Å². The summed E-state index contributed by atoms with van der Waals surface area (Å²) in [5.41, 5.74) is 7.71. The predicted molar refractivity (Wildman–Crippen MR) is 166 cm³/mol. The van der Waals surface area contributed by atoms with E-state index in [1.54, 1.807) is 7.11 Å². The minimum atomic E-state index is -1.31. The van der Waals surface area contributed by atoms with Gasteiger partial charge in [-0.1, -0.05) is 32.0 Å². The number of nitrogens with zero attached hydrogens (tertiary/aromatic N) is 2. The van der Waals surface area contributed by atoms with Gasteiger partial charge in [0.15, 0.2) is 5.72 Å². The van der Waals surface area contributed by atoms with Gasteiger partial charge in [-0.2, -0.15) is 0 Å². The Morgan fingerprint density at radius 2 is 1.69 bits per heavy atom. The van der Waals surface area contributed by atoms with Gasteiger partial charge < -0.3 is 29.0 Å². The van der Waals surface area contributed by atoms with Crippen LogP contribution in [-0.2, 0) is 20.7 Å². The number of methoxy groups -OCH3 is 1. The average molecular weight is 566 g/mol. The molecule has 42 heavy (non-hydrogen) atoms. The van der Waals surface area contributed by atoms with Crippen LogP contribution in [0.3, 0.4) is 0 Å². The first-order valence-electron chi connectivity index (χ1n) is 15.1. The average Bonchev–Trinajstić information content (AvgIpc) is 3.58. The van der Waals surface area contributed by atoms with Crippen LogP contribution >= 0.6 is 0 Å². The predicted octanol–water partition coefficient (Wildman–Crippen LogP) is 6.73. The number of carbonyl (C=O) groups is 1. The number of fused-ring (bicyclic) bond motifs is 13. The van der Waals surface area contributed by atoms with Crippen LogP contribution in [0.15, 0.2) is 24.3 Å². The molecule has 3 aliphatic heterocycles. The van der Waals surface area contributed by atoms with Crippen LogP contribution in [0.1, 0.15) is 78.5 Å². The fraction of sp³-hybridized carbons (Fsp3) is 0.457. The van der Waals surface area contributed by atoms with Crippen LogP contribution in [-0.4, -0.2) is 39.5 Å². The standard InChI is InChI=1S/C35H39N3O4/c1-16(2)35-34(40,15-41-9)14-23(42-35)37-22-13-11-10-12-21(22)25-27-28(33(7,8)36-32(27)39)26-24-19(5)17(3)18(4)20(6)29(24)38(35)31(26)30(25)37/h10-13,16,23,40H,14-15H2,1-9H3,(H,36,39)/t23-,34+,35+/m1/s1. The maximum Gasteiger partial charge on any atom is 0.253 e. The fourth-order valence-corrected chi connectivity index (χ4v) is 9.11. The Hall–Kier alpha value is -3.39. The number of benzene rings is 3. The van der Waals surface area contributed by atoms with Crippen molar-refractivity contribution in [2.24, 2.45) is 5.92 Å². The lowest BCUT2D eigenvalue weighted by atomic mass is 9.80. The molecule has 0 aliphatic carbocycles. The van der Waals surface area contributed by atoms with Gasteiger partial charge in [0.25, 0.3) is 5.91 Å². The Morgan fingerprint density at radius 1 is 1.00 bits per heavy atom. The second-order valence-corrected chi connectivity index (χ2v) is 13.8. The number of rotatable bonds is 3. The van der Waals surface area contributed by atoms with Gasteiger partial charge in [-0.15, -0.1) is 0 Å². The van der Waals surface area contributed by atoms with Crippen molar-refractivity contribution in [3.8, 4) is 0 Å². The van der Waals surface area contributed by atoms with Crippen molar-refractivity contribution < 1.29 is 19.4 Å². The molecule has 2 bridgehead atoms. The summed E-state index contributed by atoms with van der Waals surface area (Å²) in [6.07, 6.45) is -0.0815. The Morgan fingerprint density at radius 3 is 2.38 bits per heavy atom. The van der Waals surface area contributed by atoms with E-state index in [4.69, 9.17) is 9.47 Å². The molecule has 1 fully saturated rings. The molecule has 5 heterocycles. The lowest BCUT2D eigenvalue weighted by Gasteiger charge is -2.45. The van der Waals surface area contributed by atoms with Gasteiger partial charge in [0.1, 0.15) is 11.8 Å². The first kappa shape index (κ1) is 26.3. The lowest BCUT2D eigenvalue weighted by Crippen LogP contribution is -2.58. The number of aliphatic hydroxyl groups is 1. The number of carbonyl (C=O) groups excluding carboxylic acids is 1. The molecule has 0 unspecified atom stereocenters. The van der Waals surface area contributed by atoms with Gasteiger partial charge in [0.05, 0.1) is 39.8 Å². The number of ether oxygens (including phenoxy) is 2. The van der Waals surface area contributed by atoms with Crippen molar-refractivity contribution in [3.63, 3.8) is 0 Å². The maximum atomic E-state index is 14.0. The second-order valence-electron chi connectivity index (χ2n) is 13.8. The van der Waals surface area contributed by atoms with Crippen molar-refractivity contribution in [2.75, 3.05) is 13.7 Å². The number of hydrogen-bond acceptors (Lipinski definition) is 4. The number of para-hydroxylation sites is 1. The summed E-state index contributed by atoms with van der Waals surface area (Å²) in [6, 6.07) is 8.31. The van der Waals surface area contributed by atoms with E-state index in [0.717, 1.165) is 60.3 Å². The third kappa shape index (κ3) is 2.60. The quantitative estimate of drug-likeness (QED) is 0.254. The number of nitrogens with one attached hydrogen (secondary N) is 1. The van der Waals surface area contributed by atoms with Crippen LogP contribution in [0.4, 0.5) is 0 Å². The molecule has 8 rings (SSSR count). The molecule has 2 aromatic heterocycles. The summed E-state index contributed by atoms with van der Waals surface area (Å²) >= 11 is 0. The van der Waals surface area contributed by atoms with Crippen molar-refractivity contribution in [2.45, 2.75) is 84.9 Å². The molecule has 218 valence electrons. The number of aromatic nitrogens is 2. The molecular weight excluding hydrogens is 526 g/mol. The van der Waals surface area contributed by atoms with Crippen molar-refractivity contribution >= 4 is 49.5 Å². The summed E-state index contributed by atoms with van der Waals surface area (Å²) in [5, 5.41) is 20.3. The zero-order chi connectivity index (χ0) is 29.8. The Balaban J connectivity index is 1.81. The summed E-state index contributed by atoms with van der Waals surface area (Å²) in [4.78, 5) is 14.0. The number of hydrogen-bond donors (Lipinski definition) is 2. The van der Waals surface area contributed by atoms with E-state index in [2.05, 4.69) is 82.0 Å². The molecule has 0 radical (unpaired) electrons. The molecule has 7 nitrogen and oxygen atoms in total. The minimum absolute atomic E-state index is 0.0382. The van der Waals surface area contributed by atoms with Crippen LogP contribution in [0.5, 0.6) is 0 Å². The highest BCUT2D eigenvalue weighted by molar-refractivity contribution is 6.32. The van der Waals surface area contributed by atoms with Gasteiger partial charge in [-0.25, -0.2) is 0 Å². The molecule has 0 spiro atoms. The zero-order valence-electron chi connectivity index (χ0n) is 25.9. The fourth-order valence-electron chi connectivity index (χ4n) is 9.11. The highest BCUT2D eigenvalue weighted by atomic mass is 16.6. The van der Waals surface area contributed by atoms with Crippen LogP contribution in [0.25, 0.3) is 43.6 Å². The van der Waals surface area contributed by atoms with Crippen LogP contribution in [0.2, 0.25) is 0 Å². The van der Waals surface area contributed by atoms with Crippen LogP contribution < -0.4 is 5.32 Å². The Labute approximate surface area is 245 Å². The smallest absolute Gasteiger partial charge is 0.253 e. The van der Waals surface area contributed by atoms with Crippen molar-refractivity contribution in [1.82, 2.24) is 14.5 Å². The maximum absolute atomic E-state index is 14.0. The molecule has 3 aliphatic rings. The third-order valence-corrected chi connectivity index (χ3v) is 11.0. The van der Waals surface area contributed by atoms with Gasteiger partial charge in [-0.3, -0.25) is 4.79 Å². The van der Waals surface area contributed by atoms with E-state index in [-0.39, 0.29) is 18.4 Å². The molecule has 3 atom stereocenters. The third-order valence-electron chi connectivity index (χ3n) is 11.0. The van der Waals surface area contributed by atoms with E-state index < -0.39 is 23.1 Å². The highest BCUT2D eigenvalue weighted by Crippen LogP contribution is 2.61. The van der Waals surface area contributed by atoms with Crippen molar-refractivity contribution in [3.05, 3.63) is 57.6 Å². The summed E-state index contributed by atoms with van der Waals surface area (Å²) < 4.78 is 17.7. The van der Waals surface area contributed by atoms with E-state index in [1.165, 1.54) is 16.7 Å². The summed E-state index contributed by atoms with van der Waals surface area (Å²) in [6.45, 7) is 17.4. The second kappa shape index (κ2) is 7.76. The van der Waals surface area contributed by atoms with Gasteiger partial charge in [0, 0.05) is 46.6 Å². The van der Waals surface area contributed by atoms with Crippen LogP contribution in [0, 0.1) is 33.6 Å². The lowest BCUT2D eigenvalue weighted by molar-refractivity contribution is -0.228. The Bertz CT molecular complexity index is 2080. The molecule has 5 aromatic rings. The largest absolute Gasteiger partial charge is 0.382 e. The zero-order valence-corrected chi connectivity index (χ0v) is 25.9. The van der Waals surface area contributed by atoms with Crippen molar-refractivity contribution in [1.29, 1.82) is 0 Å². The SMILES string of the molecule is COC[C@@]1(O)C[C@H]2O[C@]1(C(C)C)n1c3c(C)c(C)c(C)c(C)c3c3c4c(c5c6ccccc6n2c5c31)C(=O)NC4(C)C. The summed E-state index contributed by atoms with van der Waals surface area (Å²) in [7, 11) is 1.65. The topological polar surface area (TPSA) is 77.7 Å². The van der Waals surface area contributed by atoms with E-state index in [1.807, 2.05) is 12.1 Å². The van der Waals surface area contributed by atoms with E-state index in [9.17, 15) is 9.90 Å². The molecule has 1 saturated heterocycles. The minimum Gasteiger partial charge on any atom is -0.382 e.